The van der Waals surface area contributed by atoms with Gasteiger partial charge < -0.3 is 18.6 Å². The van der Waals surface area contributed by atoms with Crippen molar-refractivity contribution in [2.45, 2.75) is 6.42 Å². The second-order valence-corrected chi connectivity index (χ2v) is 4.11. The van der Waals surface area contributed by atoms with Crippen LogP contribution in [0.5, 0.6) is 11.5 Å². The van der Waals surface area contributed by atoms with E-state index in [0.29, 0.717) is 17.9 Å². The minimum atomic E-state index is -0.488. The molecule has 0 bridgehead atoms. The number of hydrogen-bond acceptors (Lipinski definition) is 5. The Morgan fingerprint density at radius 1 is 1.10 bits per heavy atom. The Kier molecular flexibility index (Phi) is 4.30. The van der Waals surface area contributed by atoms with Crippen LogP contribution < -0.4 is 9.47 Å². The second-order valence-electron chi connectivity index (χ2n) is 4.11. The molecule has 0 atom stereocenters. The minimum Gasteiger partial charge on any atom is -0.497 e. The predicted molar refractivity (Wildman–Crippen MR) is 72.4 cm³/mol. The first-order valence-electron chi connectivity index (χ1n) is 6.06. The van der Waals surface area contributed by atoms with Crippen LogP contribution in [0.1, 0.15) is 21.9 Å². The molecule has 0 radical (unpaired) electrons. The molecule has 5 heteroatoms. The van der Waals surface area contributed by atoms with Crippen molar-refractivity contribution in [1.82, 2.24) is 0 Å². The fourth-order valence-electron chi connectivity index (χ4n) is 1.87. The highest BCUT2D eigenvalue weighted by atomic mass is 16.5. The first-order valence-corrected chi connectivity index (χ1v) is 6.06. The molecule has 0 spiro atoms. The van der Waals surface area contributed by atoms with Crippen LogP contribution in [0.25, 0.3) is 0 Å². The summed E-state index contributed by atoms with van der Waals surface area (Å²) in [6.07, 6.45) is 0.518. The fourth-order valence-corrected chi connectivity index (χ4v) is 1.87. The lowest BCUT2D eigenvalue weighted by Gasteiger charge is -2.09. The van der Waals surface area contributed by atoms with Crippen LogP contribution in [-0.2, 0) is 11.2 Å². The molecule has 0 aliphatic carbocycles. The van der Waals surface area contributed by atoms with E-state index in [0.717, 1.165) is 11.3 Å². The van der Waals surface area contributed by atoms with Gasteiger partial charge in [0.15, 0.2) is 0 Å². The lowest BCUT2D eigenvalue weighted by Crippen LogP contribution is -1.98. The number of furan rings is 1. The molecule has 106 valence electrons. The Hall–Kier alpha value is -2.43. The third kappa shape index (κ3) is 2.93. The van der Waals surface area contributed by atoms with Crippen molar-refractivity contribution in [3.05, 3.63) is 47.4 Å². The number of rotatable bonds is 5. The third-order valence-electron chi connectivity index (χ3n) is 2.91. The van der Waals surface area contributed by atoms with E-state index in [4.69, 9.17) is 13.9 Å². The van der Waals surface area contributed by atoms with Crippen LogP contribution in [0.2, 0.25) is 0 Å². The van der Waals surface area contributed by atoms with Crippen LogP contribution in [0.15, 0.2) is 34.7 Å². The Morgan fingerprint density at radius 3 is 2.55 bits per heavy atom. The van der Waals surface area contributed by atoms with Gasteiger partial charge in [-0.3, -0.25) is 0 Å². The molecular formula is C15H16O5. The summed E-state index contributed by atoms with van der Waals surface area (Å²) in [5.74, 6) is 1.79. The molecule has 2 rings (SSSR count). The third-order valence-corrected chi connectivity index (χ3v) is 2.91. The van der Waals surface area contributed by atoms with Crippen molar-refractivity contribution in [1.29, 1.82) is 0 Å². The highest BCUT2D eigenvalue weighted by Crippen LogP contribution is 2.27. The van der Waals surface area contributed by atoms with E-state index in [1.54, 1.807) is 32.4 Å². The Labute approximate surface area is 117 Å². The van der Waals surface area contributed by atoms with Gasteiger partial charge in [0.05, 0.1) is 21.3 Å². The normalized spacial score (nSPS) is 10.2. The molecule has 0 aliphatic rings. The molecule has 20 heavy (non-hydrogen) atoms. The van der Waals surface area contributed by atoms with Crippen LogP contribution in [0, 0.1) is 0 Å². The van der Waals surface area contributed by atoms with Gasteiger partial charge in [-0.2, -0.15) is 0 Å². The van der Waals surface area contributed by atoms with Crippen molar-refractivity contribution in [2.75, 3.05) is 21.3 Å². The van der Waals surface area contributed by atoms with Gasteiger partial charge in [0.25, 0.3) is 0 Å². The number of esters is 1. The number of carbonyl (C=O) groups excluding carboxylic acids is 1. The zero-order chi connectivity index (χ0) is 14.5. The predicted octanol–water partition coefficient (Wildman–Crippen LogP) is 2.67. The van der Waals surface area contributed by atoms with Gasteiger partial charge in [0, 0.05) is 18.1 Å². The van der Waals surface area contributed by atoms with Gasteiger partial charge in [0.2, 0.25) is 5.76 Å². The SMILES string of the molecule is COC(=O)c1ccc(Cc2ccc(OC)cc2OC)o1. The van der Waals surface area contributed by atoms with Crippen LogP contribution in [0.4, 0.5) is 0 Å². The van der Waals surface area contributed by atoms with Crippen LogP contribution in [-0.4, -0.2) is 27.3 Å². The molecule has 0 saturated heterocycles. The number of carbonyl (C=O) groups is 1. The molecular weight excluding hydrogens is 260 g/mol. The van der Waals surface area contributed by atoms with Crippen molar-refractivity contribution in [3.63, 3.8) is 0 Å². The number of benzene rings is 1. The maximum absolute atomic E-state index is 11.3. The Bertz CT molecular complexity index is 600. The number of ether oxygens (including phenoxy) is 3. The van der Waals surface area contributed by atoms with E-state index < -0.39 is 5.97 Å². The first kappa shape index (κ1) is 14.0. The van der Waals surface area contributed by atoms with Gasteiger partial charge in [0.1, 0.15) is 17.3 Å². The summed E-state index contributed by atoms with van der Waals surface area (Å²) >= 11 is 0. The minimum absolute atomic E-state index is 0.190. The molecule has 1 aromatic heterocycles. The van der Waals surface area contributed by atoms with E-state index in [2.05, 4.69) is 4.74 Å². The molecule has 0 aliphatic heterocycles. The van der Waals surface area contributed by atoms with Gasteiger partial charge in [-0.1, -0.05) is 6.07 Å². The molecule has 2 aromatic rings. The molecule has 1 aromatic carbocycles. The summed E-state index contributed by atoms with van der Waals surface area (Å²) in [6, 6.07) is 8.90. The lowest BCUT2D eigenvalue weighted by atomic mass is 10.1. The summed E-state index contributed by atoms with van der Waals surface area (Å²) in [5, 5.41) is 0. The van der Waals surface area contributed by atoms with E-state index in [-0.39, 0.29) is 5.76 Å². The summed E-state index contributed by atoms with van der Waals surface area (Å²) in [7, 11) is 4.51. The molecule has 5 nitrogen and oxygen atoms in total. The zero-order valence-corrected chi connectivity index (χ0v) is 11.6. The molecule has 0 amide bonds. The largest absolute Gasteiger partial charge is 0.497 e. The fraction of sp³-hybridized carbons (Fsp3) is 0.267. The molecule has 0 N–H and O–H groups in total. The molecule has 0 fully saturated rings. The maximum atomic E-state index is 11.3. The number of methoxy groups -OCH3 is 3. The lowest BCUT2D eigenvalue weighted by molar-refractivity contribution is 0.0563. The molecule has 0 saturated carbocycles. The zero-order valence-electron chi connectivity index (χ0n) is 11.6. The van der Waals surface area contributed by atoms with E-state index in [1.165, 1.54) is 7.11 Å². The Balaban J connectivity index is 2.21. The standard InChI is InChI=1S/C15H16O5/c1-17-11-5-4-10(14(9-11)18-2)8-12-6-7-13(20-12)15(16)19-3/h4-7,9H,8H2,1-3H3. The van der Waals surface area contributed by atoms with Crippen LogP contribution >= 0.6 is 0 Å². The summed E-state index contributed by atoms with van der Waals surface area (Å²) < 4.78 is 20.5. The van der Waals surface area contributed by atoms with Crippen molar-refractivity contribution < 1.29 is 23.4 Å². The second kappa shape index (κ2) is 6.14. The smallest absolute Gasteiger partial charge is 0.373 e. The van der Waals surface area contributed by atoms with Crippen molar-refractivity contribution in [2.24, 2.45) is 0 Å². The summed E-state index contributed by atoms with van der Waals surface area (Å²) in [6.45, 7) is 0. The summed E-state index contributed by atoms with van der Waals surface area (Å²) in [4.78, 5) is 11.3. The molecule has 1 heterocycles. The van der Waals surface area contributed by atoms with Gasteiger partial charge in [-0.05, 0) is 18.2 Å². The van der Waals surface area contributed by atoms with Crippen LogP contribution in [0.3, 0.4) is 0 Å². The van der Waals surface area contributed by atoms with Gasteiger partial charge in [-0.25, -0.2) is 4.79 Å². The quantitative estimate of drug-likeness (QED) is 0.786. The monoisotopic (exact) mass is 276 g/mol. The van der Waals surface area contributed by atoms with Gasteiger partial charge >= 0.3 is 5.97 Å². The number of hydrogen-bond donors (Lipinski definition) is 0. The Morgan fingerprint density at radius 2 is 1.90 bits per heavy atom. The van der Waals surface area contributed by atoms with Crippen molar-refractivity contribution in [3.8, 4) is 11.5 Å². The van der Waals surface area contributed by atoms with Gasteiger partial charge in [-0.15, -0.1) is 0 Å². The van der Waals surface area contributed by atoms with E-state index in [1.807, 2.05) is 12.1 Å². The van der Waals surface area contributed by atoms with E-state index >= 15 is 0 Å². The average Bonchev–Trinajstić information content (AvgIpc) is 2.95. The molecule has 0 unspecified atom stereocenters. The average molecular weight is 276 g/mol. The highest BCUT2D eigenvalue weighted by molar-refractivity contribution is 5.86. The summed E-state index contributed by atoms with van der Waals surface area (Å²) in [5.41, 5.74) is 0.944. The highest BCUT2D eigenvalue weighted by Gasteiger charge is 2.13. The topological polar surface area (TPSA) is 57.9 Å². The van der Waals surface area contributed by atoms with Crippen molar-refractivity contribution >= 4 is 5.97 Å². The maximum Gasteiger partial charge on any atom is 0.373 e. The first-order chi connectivity index (χ1) is 9.67. The van der Waals surface area contributed by atoms with E-state index in [9.17, 15) is 4.79 Å².